The van der Waals surface area contributed by atoms with Crippen molar-refractivity contribution in [1.82, 2.24) is 10.3 Å². The number of aromatic nitrogens is 1. The molecule has 0 atom stereocenters. The third kappa shape index (κ3) is 4.51. The van der Waals surface area contributed by atoms with Gasteiger partial charge in [0, 0.05) is 12.0 Å². The van der Waals surface area contributed by atoms with Crippen LogP contribution < -0.4 is 10.6 Å². The summed E-state index contributed by atoms with van der Waals surface area (Å²) in [7, 11) is 0. The zero-order chi connectivity index (χ0) is 18.6. The number of hydrogen-bond donors (Lipinski definition) is 2. The Labute approximate surface area is 164 Å². The fourth-order valence-corrected chi connectivity index (χ4v) is 3.91. The van der Waals surface area contributed by atoms with E-state index in [0.29, 0.717) is 16.0 Å². The number of aryl methyl sites for hydroxylation is 1. The minimum Gasteiger partial charge on any atom is -0.362 e. The van der Waals surface area contributed by atoms with Gasteiger partial charge in [-0.3, -0.25) is 0 Å². The van der Waals surface area contributed by atoms with Gasteiger partial charge in [0.05, 0.1) is 10.7 Å². The molecule has 3 rings (SSSR count). The molecule has 2 N–H and O–H groups in total. The van der Waals surface area contributed by atoms with Gasteiger partial charge in [-0.15, -0.1) is 0 Å². The van der Waals surface area contributed by atoms with Crippen LogP contribution in [0.15, 0.2) is 36.4 Å². The molecule has 0 amide bonds. The number of halogens is 2. The Morgan fingerprint density at radius 1 is 1.15 bits per heavy atom. The molecule has 1 aliphatic rings. The van der Waals surface area contributed by atoms with E-state index in [1.807, 2.05) is 19.1 Å². The van der Waals surface area contributed by atoms with Crippen molar-refractivity contribution in [2.24, 2.45) is 0 Å². The average Bonchev–Trinajstić information content (AvgIpc) is 2.64. The second-order valence-electron chi connectivity index (χ2n) is 6.92. The molecular weight excluding hydrogens is 369 g/mol. The van der Waals surface area contributed by atoms with Crippen molar-refractivity contribution in [2.75, 3.05) is 11.9 Å². The molecule has 0 unspecified atom stereocenters. The highest BCUT2D eigenvalue weighted by Gasteiger charge is 2.34. The van der Waals surface area contributed by atoms with E-state index in [1.54, 1.807) is 24.3 Å². The normalized spacial score (nSPS) is 16.1. The summed E-state index contributed by atoms with van der Waals surface area (Å²) in [6.07, 6.45) is 5.76. The number of nitrogens with zero attached hydrogens (tertiary/aromatic N) is 1. The lowest BCUT2D eigenvalue weighted by atomic mass is 9.69. The zero-order valence-corrected chi connectivity index (χ0v) is 16.4. The maximum Gasteiger partial charge on any atom is 0.171 e. The fourth-order valence-electron chi connectivity index (χ4n) is 3.62. The minimum absolute atomic E-state index is 0.0129. The predicted octanol–water partition coefficient (Wildman–Crippen LogP) is 5.37. The Morgan fingerprint density at radius 2 is 1.85 bits per heavy atom. The van der Waals surface area contributed by atoms with Crippen molar-refractivity contribution < 1.29 is 4.39 Å². The van der Waals surface area contributed by atoms with Gasteiger partial charge in [0.1, 0.15) is 11.6 Å². The second kappa shape index (κ2) is 8.31. The summed E-state index contributed by atoms with van der Waals surface area (Å²) >= 11 is 11.5. The Kier molecular flexibility index (Phi) is 6.09. The van der Waals surface area contributed by atoms with Crippen molar-refractivity contribution >= 4 is 34.7 Å². The first-order valence-electron chi connectivity index (χ1n) is 8.93. The Balaban J connectivity index is 1.68. The van der Waals surface area contributed by atoms with Crippen LogP contribution >= 0.6 is 23.8 Å². The topological polar surface area (TPSA) is 37.0 Å². The van der Waals surface area contributed by atoms with Crippen LogP contribution in [-0.4, -0.2) is 16.6 Å². The summed E-state index contributed by atoms with van der Waals surface area (Å²) in [5, 5.41) is 7.63. The van der Waals surface area contributed by atoms with Crippen LogP contribution in [0.2, 0.25) is 5.02 Å². The molecule has 0 saturated heterocycles. The number of thiocarbonyl (C=S) groups is 1. The van der Waals surface area contributed by atoms with Crippen molar-refractivity contribution in [3.05, 3.63) is 58.5 Å². The van der Waals surface area contributed by atoms with Crippen LogP contribution in [0.1, 0.15) is 43.4 Å². The maximum absolute atomic E-state index is 13.3. The first-order chi connectivity index (χ1) is 12.5. The highest BCUT2D eigenvalue weighted by atomic mass is 35.5. The number of nitrogens with one attached hydrogen (secondary N) is 2. The van der Waals surface area contributed by atoms with Crippen molar-refractivity contribution in [3.8, 4) is 0 Å². The molecular formula is C20H23ClFN3S. The monoisotopic (exact) mass is 391 g/mol. The van der Waals surface area contributed by atoms with Crippen LogP contribution in [0.25, 0.3) is 0 Å². The third-order valence-electron chi connectivity index (χ3n) is 5.12. The van der Waals surface area contributed by atoms with Crippen LogP contribution in [-0.2, 0) is 5.41 Å². The lowest BCUT2D eigenvalue weighted by Crippen LogP contribution is -2.43. The number of pyridine rings is 1. The Morgan fingerprint density at radius 3 is 2.50 bits per heavy atom. The molecule has 1 aromatic heterocycles. The van der Waals surface area contributed by atoms with Crippen molar-refractivity contribution in [2.45, 2.75) is 44.4 Å². The maximum atomic E-state index is 13.3. The predicted molar refractivity (Wildman–Crippen MR) is 109 cm³/mol. The van der Waals surface area contributed by atoms with Crippen molar-refractivity contribution in [1.29, 1.82) is 0 Å². The summed E-state index contributed by atoms with van der Waals surface area (Å²) < 4.78 is 13.3. The van der Waals surface area contributed by atoms with Gasteiger partial charge < -0.3 is 10.6 Å². The lowest BCUT2D eigenvalue weighted by molar-refractivity contribution is 0.292. The number of anilines is 1. The van der Waals surface area contributed by atoms with Crippen LogP contribution in [0.4, 0.5) is 10.2 Å². The standard InChI is InChI=1S/C20H23ClFN3S/c1-14-17(21)9-10-18(24-14)25-19(26)23-13-20(11-3-2-4-12-20)15-5-7-16(22)8-6-15/h5-10H,2-4,11-13H2,1H3,(H2,23,24,25,26). The molecule has 1 aliphatic carbocycles. The molecule has 1 saturated carbocycles. The average molecular weight is 392 g/mol. The quantitative estimate of drug-likeness (QED) is 0.687. The summed E-state index contributed by atoms with van der Waals surface area (Å²) in [4.78, 5) is 4.38. The zero-order valence-electron chi connectivity index (χ0n) is 14.8. The van der Waals surface area contributed by atoms with E-state index >= 15 is 0 Å². The van der Waals surface area contributed by atoms with E-state index in [4.69, 9.17) is 23.8 Å². The number of rotatable bonds is 4. The van der Waals surface area contributed by atoms with E-state index in [9.17, 15) is 4.39 Å². The molecule has 6 heteroatoms. The first-order valence-corrected chi connectivity index (χ1v) is 9.71. The van der Waals surface area contributed by atoms with Gasteiger partial charge in [0.15, 0.2) is 5.11 Å². The molecule has 138 valence electrons. The summed E-state index contributed by atoms with van der Waals surface area (Å²) in [5.41, 5.74) is 1.92. The summed E-state index contributed by atoms with van der Waals surface area (Å²) in [5.74, 6) is 0.470. The molecule has 1 fully saturated rings. The molecule has 0 bridgehead atoms. The van der Waals surface area contributed by atoms with Gasteiger partial charge in [0.25, 0.3) is 0 Å². The SMILES string of the molecule is Cc1nc(NC(=S)NCC2(c3ccc(F)cc3)CCCCC2)ccc1Cl. The van der Waals surface area contributed by atoms with E-state index < -0.39 is 0 Å². The molecule has 1 heterocycles. The summed E-state index contributed by atoms with van der Waals surface area (Å²) in [6, 6.07) is 10.5. The van der Waals surface area contributed by atoms with Crippen LogP contribution in [0, 0.1) is 12.7 Å². The van der Waals surface area contributed by atoms with Gasteiger partial charge in [-0.1, -0.05) is 43.0 Å². The smallest absolute Gasteiger partial charge is 0.171 e. The van der Waals surface area contributed by atoms with Gasteiger partial charge in [0.2, 0.25) is 0 Å². The van der Waals surface area contributed by atoms with Gasteiger partial charge in [-0.05, 0) is 61.8 Å². The van der Waals surface area contributed by atoms with Gasteiger partial charge in [-0.25, -0.2) is 9.37 Å². The minimum atomic E-state index is -0.200. The van der Waals surface area contributed by atoms with Crippen LogP contribution in [0.3, 0.4) is 0 Å². The van der Waals surface area contributed by atoms with E-state index in [0.717, 1.165) is 25.1 Å². The van der Waals surface area contributed by atoms with Gasteiger partial charge in [-0.2, -0.15) is 0 Å². The highest BCUT2D eigenvalue weighted by molar-refractivity contribution is 7.80. The summed E-state index contributed by atoms with van der Waals surface area (Å²) in [6.45, 7) is 2.58. The van der Waals surface area contributed by atoms with Crippen LogP contribution in [0.5, 0.6) is 0 Å². The third-order valence-corrected chi connectivity index (χ3v) is 5.76. The highest BCUT2D eigenvalue weighted by Crippen LogP contribution is 2.39. The van der Waals surface area contributed by atoms with Gasteiger partial charge >= 0.3 is 0 Å². The van der Waals surface area contributed by atoms with E-state index in [-0.39, 0.29) is 11.2 Å². The molecule has 3 nitrogen and oxygen atoms in total. The van der Waals surface area contributed by atoms with E-state index in [2.05, 4.69) is 15.6 Å². The molecule has 0 aliphatic heterocycles. The molecule has 26 heavy (non-hydrogen) atoms. The molecule has 1 aromatic carbocycles. The van der Waals surface area contributed by atoms with Crippen molar-refractivity contribution in [3.63, 3.8) is 0 Å². The fraction of sp³-hybridized carbons (Fsp3) is 0.400. The molecule has 0 spiro atoms. The lowest BCUT2D eigenvalue weighted by Gasteiger charge is -2.38. The molecule has 0 radical (unpaired) electrons. The Hall–Kier alpha value is -1.72. The first kappa shape index (κ1) is 19.1. The molecule has 2 aromatic rings. The number of hydrogen-bond acceptors (Lipinski definition) is 2. The van der Waals surface area contributed by atoms with E-state index in [1.165, 1.54) is 24.8 Å². The second-order valence-corrected chi connectivity index (χ2v) is 7.73. The Bertz CT molecular complexity index is 773. The largest absolute Gasteiger partial charge is 0.362 e. The number of benzene rings is 1.